The van der Waals surface area contributed by atoms with Gasteiger partial charge in [0.15, 0.2) is 0 Å². The molecule has 0 aliphatic rings. The number of amides is 1. The summed E-state index contributed by atoms with van der Waals surface area (Å²) in [6.07, 6.45) is 0. The molecular formula is C7H15NO4. The molecule has 0 aliphatic carbocycles. The van der Waals surface area contributed by atoms with Crippen LogP contribution in [0.2, 0.25) is 0 Å². The summed E-state index contributed by atoms with van der Waals surface area (Å²) in [5.41, 5.74) is 4.47. The minimum absolute atomic E-state index is 0.167. The molecule has 3 N–H and O–H groups in total. The van der Waals surface area contributed by atoms with Gasteiger partial charge in [-0.25, -0.2) is 0 Å². The first-order valence-electron chi connectivity index (χ1n) is 3.12. The van der Waals surface area contributed by atoms with E-state index in [4.69, 9.17) is 9.90 Å². The number of rotatable bonds is 0. The minimum atomic E-state index is -0.833. The van der Waals surface area contributed by atoms with Crippen LogP contribution < -0.4 is 5.73 Å². The number of carboxylic acid groups (broad SMARTS) is 1. The van der Waals surface area contributed by atoms with Gasteiger partial charge in [0, 0.05) is 13.8 Å². The molecule has 0 aliphatic heterocycles. The maximum Gasteiger partial charge on any atom is 0.300 e. The van der Waals surface area contributed by atoms with Crippen molar-refractivity contribution in [3.63, 3.8) is 0 Å². The van der Waals surface area contributed by atoms with Crippen LogP contribution in [0.4, 0.5) is 0 Å². The Morgan fingerprint density at radius 1 is 1.00 bits per heavy atom. The van der Waals surface area contributed by atoms with Gasteiger partial charge < -0.3 is 15.6 Å². The number of ketones is 1. The molecule has 0 heterocycles. The molecule has 0 unspecified atom stereocenters. The van der Waals surface area contributed by atoms with Crippen LogP contribution in [0.25, 0.3) is 0 Å². The van der Waals surface area contributed by atoms with Gasteiger partial charge in [0.1, 0.15) is 5.78 Å². The lowest BCUT2D eigenvalue weighted by Gasteiger charge is -1.60. The van der Waals surface area contributed by atoms with Gasteiger partial charge >= 0.3 is 0 Å². The summed E-state index contributed by atoms with van der Waals surface area (Å²) in [6, 6.07) is 0. The Morgan fingerprint density at radius 3 is 1.00 bits per heavy atom. The Morgan fingerprint density at radius 2 is 1.00 bits per heavy atom. The van der Waals surface area contributed by atoms with Crippen molar-refractivity contribution in [2.45, 2.75) is 27.7 Å². The van der Waals surface area contributed by atoms with Gasteiger partial charge in [-0.05, 0) is 13.8 Å². The predicted molar refractivity (Wildman–Crippen MR) is 44.5 cm³/mol. The maximum absolute atomic E-state index is 9.44. The third-order valence-electron chi connectivity index (χ3n) is 0. The molecule has 5 nitrogen and oxygen atoms in total. The number of Topliss-reactive ketones (excluding diaryl/α,β-unsaturated/α-hetero) is 1. The Kier molecular flexibility index (Phi) is 17.3. The average molecular weight is 177 g/mol. The second-order valence-electron chi connectivity index (χ2n) is 2.04. The number of carboxylic acids is 1. The highest BCUT2D eigenvalue weighted by Crippen LogP contribution is 1.50. The summed E-state index contributed by atoms with van der Waals surface area (Å²) in [6.45, 7) is 5.44. The van der Waals surface area contributed by atoms with Crippen LogP contribution in [0.15, 0.2) is 0 Å². The summed E-state index contributed by atoms with van der Waals surface area (Å²) in [7, 11) is 0. The Bertz CT molecular complexity index is 113. The van der Waals surface area contributed by atoms with Crippen molar-refractivity contribution in [2.75, 3.05) is 0 Å². The zero-order valence-electron chi connectivity index (χ0n) is 7.75. The first-order chi connectivity index (χ1) is 5.20. The molecule has 0 saturated heterocycles. The van der Waals surface area contributed by atoms with Crippen molar-refractivity contribution in [1.82, 2.24) is 0 Å². The monoisotopic (exact) mass is 177 g/mol. The van der Waals surface area contributed by atoms with Crippen molar-refractivity contribution in [3.8, 4) is 0 Å². The molecule has 0 aromatic rings. The van der Waals surface area contributed by atoms with E-state index in [0.717, 1.165) is 6.92 Å². The number of nitrogens with two attached hydrogens (primary N) is 1. The van der Waals surface area contributed by atoms with Gasteiger partial charge in [0.25, 0.3) is 5.97 Å². The molecule has 72 valence electrons. The summed E-state index contributed by atoms with van der Waals surface area (Å²) >= 11 is 0. The van der Waals surface area contributed by atoms with E-state index in [1.165, 1.54) is 20.8 Å². The van der Waals surface area contributed by atoms with E-state index in [1.54, 1.807) is 0 Å². The molecule has 0 bridgehead atoms. The molecular weight excluding hydrogens is 162 g/mol. The quantitative estimate of drug-likeness (QED) is 0.551. The standard InChI is InChI=1S/C3H6O.C2H5NO.C2H4O2/c1-3(2)4;2*1-2(3)4/h1-2H3;1H3,(H2,3,4);1H3,(H,3,4). The van der Waals surface area contributed by atoms with Gasteiger partial charge in [-0.1, -0.05) is 0 Å². The van der Waals surface area contributed by atoms with Gasteiger partial charge in [-0.3, -0.25) is 9.59 Å². The summed E-state index contributed by atoms with van der Waals surface area (Å²) in [5.74, 6) is -1.000. The molecule has 5 heteroatoms. The second kappa shape index (κ2) is 12.3. The van der Waals surface area contributed by atoms with Crippen LogP contribution in [0.3, 0.4) is 0 Å². The van der Waals surface area contributed by atoms with Crippen molar-refractivity contribution >= 4 is 17.7 Å². The van der Waals surface area contributed by atoms with Gasteiger partial charge in [-0.2, -0.15) is 0 Å². The fraction of sp³-hybridized carbons (Fsp3) is 0.571. The molecule has 1 amide bonds. The fourth-order valence-electron chi connectivity index (χ4n) is 0. The third-order valence-corrected chi connectivity index (χ3v) is 0. The summed E-state index contributed by atoms with van der Waals surface area (Å²) < 4.78 is 0. The first-order valence-corrected chi connectivity index (χ1v) is 3.12. The zero-order chi connectivity index (χ0) is 10.7. The van der Waals surface area contributed by atoms with Crippen LogP contribution in [-0.4, -0.2) is 22.8 Å². The normalized spacial score (nSPS) is 6.33. The highest BCUT2D eigenvalue weighted by atomic mass is 16.4. The number of hydrogen-bond acceptors (Lipinski definition) is 3. The lowest BCUT2D eigenvalue weighted by atomic mass is 10.6. The van der Waals surface area contributed by atoms with E-state index < -0.39 is 5.97 Å². The van der Waals surface area contributed by atoms with Gasteiger partial charge in [0.05, 0.1) is 0 Å². The Balaban J connectivity index is -0.000000101. The number of hydrogen-bond donors (Lipinski definition) is 2. The largest absolute Gasteiger partial charge is 0.481 e. The highest BCUT2D eigenvalue weighted by molar-refractivity contribution is 5.72. The third kappa shape index (κ3) is 258. The number of carbonyl (C=O) groups excluding carboxylic acids is 2. The molecule has 0 aromatic heterocycles. The van der Waals surface area contributed by atoms with E-state index in [1.807, 2.05) is 0 Å². The molecule has 0 aromatic carbocycles. The van der Waals surface area contributed by atoms with Crippen molar-refractivity contribution in [1.29, 1.82) is 0 Å². The van der Waals surface area contributed by atoms with Crippen LogP contribution in [0.5, 0.6) is 0 Å². The summed E-state index contributed by atoms with van der Waals surface area (Å²) in [5, 5.41) is 7.42. The zero-order valence-corrected chi connectivity index (χ0v) is 7.75. The SMILES string of the molecule is CC(=O)O.CC(C)=O.CC(N)=O. The van der Waals surface area contributed by atoms with E-state index >= 15 is 0 Å². The van der Waals surface area contributed by atoms with Gasteiger partial charge in [0.2, 0.25) is 5.91 Å². The van der Waals surface area contributed by atoms with E-state index in [0.29, 0.717) is 0 Å². The highest BCUT2D eigenvalue weighted by Gasteiger charge is 1.65. The van der Waals surface area contributed by atoms with Crippen LogP contribution >= 0.6 is 0 Å². The first kappa shape index (κ1) is 16.9. The fourth-order valence-corrected chi connectivity index (χ4v) is 0. The topological polar surface area (TPSA) is 97.5 Å². The molecule has 0 saturated carbocycles. The minimum Gasteiger partial charge on any atom is -0.481 e. The van der Waals surface area contributed by atoms with E-state index in [2.05, 4.69) is 5.73 Å². The molecule has 0 radical (unpaired) electrons. The van der Waals surface area contributed by atoms with Crippen LogP contribution in [0, 0.1) is 0 Å². The van der Waals surface area contributed by atoms with Crippen molar-refractivity contribution in [3.05, 3.63) is 0 Å². The molecule has 0 spiro atoms. The predicted octanol–water partition coefficient (Wildman–Crippen LogP) is 0.178. The number of primary amides is 1. The lowest BCUT2D eigenvalue weighted by Crippen LogP contribution is -2.01. The molecule has 12 heavy (non-hydrogen) atoms. The van der Waals surface area contributed by atoms with Crippen molar-refractivity contribution in [2.24, 2.45) is 5.73 Å². The number of aliphatic carboxylic acids is 1. The van der Waals surface area contributed by atoms with Crippen LogP contribution in [-0.2, 0) is 14.4 Å². The van der Waals surface area contributed by atoms with Crippen LogP contribution in [0.1, 0.15) is 27.7 Å². The van der Waals surface area contributed by atoms with Gasteiger partial charge in [-0.15, -0.1) is 0 Å². The van der Waals surface area contributed by atoms with Crippen molar-refractivity contribution < 1.29 is 19.5 Å². The Hall–Kier alpha value is -1.39. The Labute approximate surface area is 71.6 Å². The number of carbonyl (C=O) groups is 3. The second-order valence-corrected chi connectivity index (χ2v) is 2.04. The maximum atomic E-state index is 9.44. The smallest absolute Gasteiger partial charge is 0.300 e. The molecule has 0 fully saturated rings. The van der Waals surface area contributed by atoms with E-state index in [-0.39, 0.29) is 11.7 Å². The summed E-state index contributed by atoms with van der Waals surface area (Å²) in [4.78, 5) is 27.7. The lowest BCUT2D eigenvalue weighted by molar-refractivity contribution is -0.134. The molecule has 0 rings (SSSR count). The average Bonchev–Trinajstić information content (AvgIpc) is 1.54. The molecule has 0 atom stereocenters. The van der Waals surface area contributed by atoms with E-state index in [9.17, 15) is 9.59 Å².